The first-order valence-corrected chi connectivity index (χ1v) is 6.36. The molecule has 0 amide bonds. The lowest BCUT2D eigenvalue weighted by Gasteiger charge is -2.05. The molecule has 1 aromatic carbocycles. The van der Waals surface area contributed by atoms with E-state index < -0.39 is 23.6 Å². The third-order valence-corrected chi connectivity index (χ3v) is 3.13. The number of benzene rings is 1. The van der Waals surface area contributed by atoms with Crippen LogP contribution in [0.2, 0.25) is 0 Å². The van der Waals surface area contributed by atoms with E-state index in [0.717, 1.165) is 19.1 Å². The molecule has 0 aliphatic rings. The van der Waals surface area contributed by atoms with E-state index in [1.807, 2.05) is 0 Å². The Morgan fingerprint density at radius 2 is 2.06 bits per heavy atom. The Bertz CT molecular complexity index is 573. The van der Waals surface area contributed by atoms with Crippen LogP contribution in [0.1, 0.15) is 12.5 Å². The SMILES string of the molecule is CC(=O)/C(=C\c1cccc([N+](=O)[O-])c1)P(=O)(O)O. The molecular formula is C10H10NO6P. The minimum Gasteiger partial charge on any atom is -0.321 e. The molecule has 0 unspecified atom stereocenters. The van der Waals surface area contributed by atoms with E-state index in [2.05, 4.69) is 0 Å². The Kier molecular flexibility index (Phi) is 4.13. The topological polar surface area (TPSA) is 118 Å². The lowest BCUT2D eigenvalue weighted by Crippen LogP contribution is -1.97. The zero-order valence-corrected chi connectivity index (χ0v) is 10.2. The van der Waals surface area contributed by atoms with Crippen molar-refractivity contribution < 1.29 is 24.1 Å². The highest BCUT2D eigenvalue weighted by atomic mass is 31.2. The number of ketones is 1. The maximum atomic E-state index is 11.1. The highest BCUT2D eigenvalue weighted by Crippen LogP contribution is 2.46. The summed E-state index contributed by atoms with van der Waals surface area (Å²) in [5.74, 6) is -0.783. The Hall–Kier alpha value is -1.82. The largest absolute Gasteiger partial charge is 0.359 e. The fourth-order valence-corrected chi connectivity index (χ4v) is 2.00. The molecule has 0 heterocycles. The van der Waals surface area contributed by atoms with Crippen molar-refractivity contribution in [3.63, 3.8) is 0 Å². The molecule has 0 radical (unpaired) electrons. The second kappa shape index (κ2) is 5.22. The number of Topliss-reactive ketones (excluding diaryl/α,β-unsaturated/α-hetero) is 1. The van der Waals surface area contributed by atoms with E-state index in [1.54, 1.807) is 0 Å². The summed E-state index contributed by atoms with van der Waals surface area (Å²) < 4.78 is 11.1. The minimum atomic E-state index is -4.69. The molecule has 18 heavy (non-hydrogen) atoms. The van der Waals surface area contributed by atoms with Gasteiger partial charge in [-0.25, -0.2) is 0 Å². The van der Waals surface area contributed by atoms with E-state index in [0.29, 0.717) is 0 Å². The number of non-ortho nitro benzene ring substituents is 1. The lowest BCUT2D eigenvalue weighted by molar-refractivity contribution is -0.384. The van der Waals surface area contributed by atoms with Crippen molar-refractivity contribution in [3.8, 4) is 0 Å². The van der Waals surface area contributed by atoms with Gasteiger partial charge in [-0.1, -0.05) is 12.1 Å². The van der Waals surface area contributed by atoms with Crippen LogP contribution >= 0.6 is 7.60 Å². The Morgan fingerprint density at radius 1 is 1.44 bits per heavy atom. The number of rotatable bonds is 4. The van der Waals surface area contributed by atoms with E-state index in [1.165, 1.54) is 18.2 Å². The zero-order valence-electron chi connectivity index (χ0n) is 9.31. The van der Waals surface area contributed by atoms with Crippen molar-refractivity contribution in [1.29, 1.82) is 0 Å². The van der Waals surface area contributed by atoms with Gasteiger partial charge >= 0.3 is 7.60 Å². The van der Waals surface area contributed by atoms with Crippen LogP contribution in [0, 0.1) is 10.1 Å². The summed E-state index contributed by atoms with van der Waals surface area (Å²) in [7, 11) is -4.69. The molecule has 8 heteroatoms. The normalized spacial score (nSPS) is 12.3. The van der Waals surface area contributed by atoms with Gasteiger partial charge in [0, 0.05) is 12.1 Å². The molecular weight excluding hydrogens is 261 g/mol. The summed E-state index contributed by atoms with van der Waals surface area (Å²) in [4.78, 5) is 39.0. The van der Waals surface area contributed by atoms with Crippen LogP contribution in [-0.2, 0) is 9.36 Å². The molecule has 0 bridgehead atoms. The number of carbonyl (C=O) groups excluding carboxylic acids is 1. The summed E-state index contributed by atoms with van der Waals surface area (Å²) >= 11 is 0. The van der Waals surface area contributed by atoms with Crippen LogP contribution in [0.15, 0.2) is 29.6 Å². The first-order valence-electron chi connectivity index (χ1n) is 4.75. The van der Waals surface area contributed by atoms with Crippen LogP contribution in [0.4, 0.5) is 5.69 Å². The summed E-state index contributed by atoms with van der Waals surface area (Å²) in [5.41, 5.74) is -0.0462. The number of hydrogen-bond donors (Lipinski definition) is 2. The molecule has 2 N–H and O–H groups in total. The van der Waals surface area contributed by atoms with Gasteiger partial charge in [-0.15, -0.1) is 0 Å². The van der Waals surface area contributed by atoms with Crippen LogP contribution in [0.5, 0.6) is 0 Å². The quantitative estimate of drug-likeness (QED) is 0.372. The van der Waals surface area contributed by atoms with Crippen LogP contribution < -0.4 is 0 Å². The van der Waals surface area contributed by atoms with Gasteiger partial charge in [-0.2, -0.15) is 0 Å². The molecule has 0 atom stereocenters. The Balaban J connectivity index is 3.29. The number of nitrogens with zero attached hydrogens (tertiary/aromatic N) is 1. The molecule has 0 aliphatic carbocycles. The number of nitro benzene ring substituents is 1. The molecule has 0 fully saturated rings. The molecule has 0 spiro atoms. The van der Waals surface area contributed by atoms with E-state index in [-0.39, 0.29) is 11.3 Å². The van der Waals surface area contributed by atoms with Gasteiger partial charge in [0.2, 0.25) is 0 Å². The van der Waals surface area contributed by atoms with Gasteiger partial charge in [0.25, 0.3) is 5.69 Å². The molecule has 1 aromatic rings. The van der Waals surface area contributed by atoms with Crippen LogP contribution in [0.3, 0.4) is 0 Å². The molecule has 7 nitrogen and oxygen atoms in total. The van der Waals surface area contributed by atoms with Crippen molar-refractivity contribution in [1.82, 2.24) is 0 Å². The second-order valence-electron chi connectivity index (χ2n) is 3.48. The number of nitro groups is 1. The minimum absolute atomic E-state index is 0.178. The van der Waals surface area contributed by atoms with E-state index in [4.69, 9.17) is 9.79 Å². The van der Waals surface area contributed by atoms with E-state index >= 15 is 0 Å². The number of hydrogen-bond acceptors (Lipinski definition) is 4. The maximum Gasteiger partial charge on any atom is 0.359 e. The smallest absolute Gasteiger partial charge is 0.321 e. The number of allylic oxidation sites excluding steroid dienone is 1. The fraction of sp³-hybridized carbons (Fsp3) is 0.100. The number of carbonyl (C=O) groups is 1. The maximum absolute atomic E-state index is 11.1. The van der Waals surface area contributed by atoms with Crippen molar-refractivity contribution in [2.24, 2.45) is 0 Å². The molecule has 0 saturated heterocycles. The molecule has 0 saturated carbocycles. The predicted molar refractivity (Wildman–Crippen MR) is 63.8 cm³/mol. The van der Waals surface area contributed by atoms with E-state index in [9.17, 15) is 19.5 Å². The Labute approximate surface area is 102 Å². The summed E-state index contributed by atoms with van der Waals surface area (Å²) in [5, 5.41) is 9.86. The highest BCUT2D eigenvalue weighted by Gasteiger charge is 2.25. The first-order chi connectivity index (χ1) is 8.21. The fourth-order valence-electron chi connectivity index (χ4n) is 1.28. The van der Waals surface area contributed by atoms with Gasteiger partial charge in [-0.05, 0) is 18.6 Å². The predicted octanol–water partition coefficient (Wildman–Crippen LogP) is 1.70. The lowest BCUT2D eigenvalue weighted by atomic mass is 10.2. The van der Waals surface area contributed by atoms with Gasteiger partial charge in [-0.3, -0.25) is 19.5 Å². The molecule has 0 aliphatic heterocycles. The van der Waals surface area contributed by atoms with Gasteiger partial charge in [0.05, 0.1) is 4.92 Å². The monoisotopic (exact) mass is 271 g/mol. The molecule has 96 valence electrons. The molecule has 1 rings (SSSR count). The first kappa shape index (κ1) is 14.2. The summed E-state index contributed by atoms with van der Waals surface area (Å²) in [6.07, 6.45) is 0.954. The van der Waals surface area contributed by atoms with Crippen molar-refractivity contribution in [2.75, 3.05) is 0 Å². The molecule has 0 aromatic heterocycles. The highest BCUT2D eigenvalue weighted by molar-refractivity contribution is 7.58. The van der Waals surface area contributed by atoms with Gasteiger partial charge < -0.3 is 9.79 Å². The van der Waals surface area contributed by atoms with Crippen molar-refractivity contribution in [2.45, 2.75) is 6.92 Å². The average molecular weight is 271 g/mol. The van der Waals surface area contributed by atoms with Crippen LogP contribution in [-0.4, -0.2) is 20.5 Å². The second-order valence-corrected chi connectivity index (χ2v) is 5.05. The van der Waals surface area contributed by atoms with Crippen molar-refractivity contribution in [3.05, 3.63) is 45.3 Å². The average Bonchev–Trinajstić information content (AvgIpc) is 2.24. The van der Waals surface area contributed by atoms with Crippen molar-refractivity contribution >= 4 is 25.1 Å². The summed E-state index contributed by atoms with van der Waals surface area (Å²) in [6.45, 7) is 1.02. The van der Waals surface area contributed by atoms with Crippen LogP contribution in [0.25, 0.3) is 6.08 Å². The third kappa shape index (κ3) is 3.59. The van der Waals surface area contributed by atoms with Gasteiger partial charge in [0.15, 0.2) is 5.78 Å². The van der Waals surface area contributed by atoms with Gasteiger partial charge in [0.1, 0.15) is 5.31 Å². The Morgan fingerprint density at radius 3 is 2.50 bits per heavy atom. The third-order valence-electron chi connectivity index (χ3n) is 2.06. The standard InChI is InChI=1S/C10H10NO6P/c1-7(12)10(18(15,16)17)6-8-3-2-4-9(5-8)11(13)14/h2-6H,1H3,(H2,15,16,17)/b10-6+. The summed E-state index contributed by atoms with van der Waals surface area (Å²) in [6, 6.07) is 5.13. The zero-order chi connectivity index (χ0) is 13.9.